The molecule has 1 aliphatic carbocycles. The summed E-state index contributed by atoms with van der Waals surface area (Å²) in [6.07, 6.45) is -0.435. The first-order valence-electron chi connectivity index (χ1n) is 11.7. The zero-order chi connectivity index (χ0) is 24.5. The number of amides is 1. The molecule has 5 heteroatoms. The van der Waals surface area contributed by atoms with E-state index in [-0.39, 0.29) is 5.92 Å². The van der Waals surface area contributed by atoms with Crippen molar-refractivity contribution in [2.24, 2.45) is 0 Å². The topological polar surface area (TPSA) is 64.3 Å². The summed E-state index contributed by atoms with van der Waals surface area (Å²) in [6, 6.07) is 18.6. The van der Waals surface area contributed by atoms with Crippen LogP contribution in [0.4, 0.5) is 10.5 Å². The molecule has 3 aromatic carbocycles. The molecular weight excluding hydrogens is 436 g/mol. The maximum absolute atomic E-state index is 12.6. The lowest BCUT2D eigenvalue weighted by atomic mass is 9.96. The van der Waals surface area contributed by atoms with Gasteiger partial charge in [-0.3, -0.25) is 0 Å². The Kier molecular flexibility index (Phi) is 6.54. The van der Waals surface area contributed by atoms with Gasteiger partial charge in [0.1, 0.15) is 14.7 Å². The second-order valence-electron chi connectivity index (χ2n) is 9.93. The van der Waals surface area contributed by atoms with Gasteiger partial charge in [0, 0.05) is 23.7 Å². The molecule has 0 radical (unpaired) electrons. The maximum Gasteiger partial charge on any atom is 0.407 e. The number of anilines is 1. The lowest BCUT2D eigenvalue weighted by Crippen LogP contribution is -2.26. The minimum Gasteiger partial charge on any atom is -0.449 e. The quantitative estimate of drug-likeness (QED) is 0.274. The number of fused-ring (bicyclic) bond motifs is 3. The minimum absolute atomic E-state index is 0.0401. The van der Waals surface area contributed by atoms with Crippen molar-refractivity contribution in [3.05, 3.63) is 88.0 Å². The summed E-state index contributed by atoms with van der Waals surface area (Å²) in [5.74, 6) is 3.40. The van der Waals surface area contributed by atoms with Gasteiger partial charge in [0.05, 0.1) is 0 Å². The molecule has 0 aliphatic heterocycles. The number of hydrogen-bond acceptors (Lipinski definition) is 3. The van der Waals surface area contributed by atoms with Crippen LogP contribution < -0.4 is 11.1 Å². The van der Waals surface area contributed by atoms with Crippen molar-refractivity contribution in [3.8, 4) is 22.6 Å². The standard InChI is InChI=1S/C29H32N2O2Si/c1-19-21(16-28(30)20(2)22(19)14-15-34(3,4)5)17-31-29(32)33-18-27-25-12-8-6-10-23(25)24-11-7-9-13-26(24)27/h6-13,16,27H,17-18,30H2,1-5H3,(H,31,32). The van der Waals surface area contributed by atoms with Crippen LogP contribution in [-0.2, 0) is 11.3 Å². The predicted molar refractivity (Wildman–Crippen MR) is 142 cm³/mol. The zero-order valence-electron chi connectivity index (χ0n) is 20.6. The molecule has 0 fully saturated rings. The van der Waals surface area contributed by atoms with Crippen molar-refractivity contribution in [1.82, 2.24) is 5.32 Å². The lowest BCUT2D eigenvalue weighted by molar-refractivity contribution is 0.142. The number of hydrogen-bond donors (Lipinski definition) is 2. The molecule has 0 heterocycles. The Bertz CT molecular complexity index is 1270. The number of nitrogens with two attached hydrogens (primary N) is 1. The van der Waals surface area contributed by atoms with E-state index in [2.05, 4.69) is 60.7 Å². The van der Waals surface area contributed by atoms with Crippen molar-refractivity contribution in [3.63, 3.8) is 0 Å². The zero-order valence-corrected chi connectivity index (χ0v) is 21.6. The van der Waals surface area contributed by atoms with Crippen LogP contribution in [0.15, 0.2) is 54.6 Å². The number of alkyl carbamates (subject to hydrolysis) is 1. The van der Waals surface area contributed by atoms with Gasteiger partial charge in [-0.15, -0.1) is 5.54 Å². The molecule has 1 aliphatic rings. The molecule has 3 aromatic rings. The van der Waals surface area contributed by atoms with Crippen LogP contribution in [-0.4, -0.2) is 20.8 Å². The number of carbonyl (C=O) groups excluding carboxylic acids is 1. The summed E-state index contributed by atoms with van der Waals surface area (Å²) in [7, 11) is -1.52. The van der Waals surface area contributed by atoms with Crippen molar-refractivity contribution in [2.45, 2.75) is 46.0 Å². The Morgan fingerprint density at radius 3 is 2.18 bits per heavy atom. The predicted octanol–water partition coefficient (Wildman–Crippen LogP) is 6.15. The Hall–Kier alpha value is -3.49. The van der Waals surface area contributed by atoms with E-state index in [9.17, 15) is 4.79 Å². The average Bonchev–Trinajstić information content (AvgIpc) is 3.12. The van der Waals surface area contributed by atoms with E-state index in [0.717, 1.165) is 22.3 Å². The fourth-order valence-corrected chi connectivity index (χ4v) is 4.93. The second kappa shape index (κ2) is 9.40. The van der Waals surface area contributed by atoms with E-state index in [1.807, 2.05) is 44.2 Å². The minimum atomic E-state index is -1.52. The normalized spacial score (nSPS) is 12.4. The highest BCUT2D eigenvalue weighted by molar-refractivity contribution is 6.83. The van der Waals surface area contributed by atoms with Crippen molar-refractivity contribution in [1.29, 1.82) is 0 Å². The highest BCUT2D eigenvalue weighted by atomic mass is 28.3. The maximum atomic E-state index is 12.6. The Morgan fingerprint density at radius 2 is 1.59 bits per heavy atom. The molecule has 174 valence electrons. The lowest BCUT2D eigenvalue weighted by Gasteiger charge is -2.16. The molecule has 0 unspecified atom stereocenters. The van der Waals surface area contributed by atoms with E-state index in [1.54, 1.807) is 0 Å². The van der Waals surface area contributed by atoms with Crippen LogP contribution in [0.1, 0.15) is 39.3 Å². The molecule has 34 heavy (non-hydrogen) atoms. The van der Waals surface area contributed by atoms with Crippen LogP contribution in [0.5, 0.6) is 0 Å². The molecule has 3 N–H and O–H groups in total. The Balaban J connectivity index is 1.45. The number of benzene rings is 3. The average molecular weight is 469 g/mol. The first-order valence-corrected chi connectivity index (χ1v) is 15.2. The molecule has 4 nitrogen and oxygen atoms in total. The summed E-state index contributed by atoms with van der Waals surface area (Å²) in [4.78, 5) is 12.6. The molecule has 4 rings (SSSR count). The van der Waals surface area contributed by atoms with Crippen LogP contribution in [0.25, 0.3) is 11.1 Å². The summed E-state index contributed by atoms with van der Waals surface area (Å²) in [5, 5.41) is 2.90. The largest absolute Gasteiger partial charge is 0.449 e. The van der Waals surface area contributed by atoms with Gasteiger partial charge in [-0.05, 0) is 58.9 Å². The van der Waals surface area contributed by atoms with Gasteiger partial charge in [-0.1, -0.05) is 74.1 Å². The molecule has 0 bridgehead atoms. The summed E-state index contributed by atoms with van der Waals surface area (Å²) in [6.45, 7) is 11.3. The van der Waals surface area contributed by atoms with Crippen molar-refractivity contribution >= 4 is 19.9 Å². The monoisotopic (exact) mass is 468 g/mol. The van der Waals surface area contributed by atoms with E-state index in [4.69, 9.17) is 10.5 Å². The SMILES string of the molecule is Cc1c(N)cc(CNC(=O)OCC2c3ccccc3-c3ccccc32)c(C)c1C#C[Si](C)(C)C. The molecule has 0 saturated heterocycles. The smallest absolute Gasteiger partial charge is 0.407 e. The number of carbonyl (C=O) groups is 1. The van der Waals surface area contributed by atoms with Gasteiger partial charge >= 0.3 is 6.09 Å². The molecule has 0 atom stereocenters. The van der Waals surface area contributed by atoms with E-state index >= 15 is 0 Å². The van der Waals surface area contributed by atoms with Crippen LogP contribution in [0, 0.1) is 25.3 Å². The van der Waals surface area contributed by atoms with E-state index < -0.39 is 14.2 Å². The number of nitrogen functional groups attached to an aromatic ring is 1. The fourth-order valence-electron chi connectivity index (χ4n) is 4.43. The summed E-state index contributed by atoms with van der Waals surface area (Å²) >= 11 is 0. The van der Waals surface area contributed by atoms with E-state index in [1.165, 1.54) is 22.3 Å². The van der Waals surface area contributed by atoms with Gasteiger partial charge in [0.25, 0.3) is 0 Å². The molecular formula is C29H32N2O2Si. The second-order valence-corrected chi connectivity index (χ2v) is 14.7. The first-order chi connectivity index (χ1) is 16.2. The third-order valence-electron chi connectivity index (χ3n) is 6.32. The van der Waals surface area contributed by atoms with E-state index in [0.29, 0.717) is 18.8 Å². The number of rotatable bonds is 4. The number of nitrogens with one attached hydrogen (secondary N) is 1. The Labute approximate surface area is 203 Å². The molecule has 0 saturated carbocycles. The van der Waals surface area contributed by atoms with Crippen LogP contribution >= 0.6 is 0 Å². The number of ether oxygens (including phenoxy) is 1. The third kappa shape index (κ3) is 4.88. The van der Waals surface area contributed by atoms with Gasteiger partial charge in [0.2, 0.25) is 0 Å². The van der Waals surface area contributed by atoms with Gasteiger partial charge in [-0.2, -0.15) is 0 Å². The fraction of sp³-hybridized carbons (Fsp3) is 0.276. The third-order valence-corrected chi connectivity index (χ3v) is 7.20. The van der Waals surface area contributed by atoms with Gasteiger partial charge in [-0.25, -0.2) is 4.79 Å². The molecule has 0 aromatic heterocycles. The van der Waals surface area contributed by atoms with Crippen LogP contribution in [0.2, 0.25) is 19.6 Å². The first kappa shape index (κ1) is 23.7. The molecule has 0 spiro atoms. The van der Waals surface area contributed by atoms with Crippen LogP contribution in [0.3, 0.4) is 0 Å². The van der Waals surface area contributed by atoms with Crippen molar-refractivity contribution < 1.29 is 9.53 Å². The van der Waals surface area contributed by atoms with Gasteiger partial charge in [0.15, 0.2) is 0 Å². The summed E-state index contributed by atoms with van der Waals surface area (Å²) < 4.78 is 5.67. The van der Waals surface area contributed by atoms with Gasteiger partial charge < -0.3 is 15.8 Å². The highest BCUT2D eigenvalue weighted by Gasteiger charge is 2.29. The Morgan fingerprint density at radius 1 is 1.00 bits per heavy atom. The molecule has 1 amide bonds. The summed E-state index contributed by atoms with van der Waals surface area (Å²) in [5.41, 5.74) is 19.2. The highest BCUT2D eigenvalue weighted by Crippen LogP contribution is 2.44. The van der Waals surface area contributed by atoms with Crippen molar-refractivity contribution in [2.75, 3.05) is 12.3 Å².